The molecule has 182 valence electrons. The third-order valence-electron chi connectivity index (χ3n) is 5.49. The lowest BCUT2D eigenvalue weighted by molar-refractivity contribution is 0.0220. The SMILES string of the molecule is CO[C@H](CN(C)C(=O)c1ccccc1F)[C@@H](C)CN([C@@H](C)CO)S(=O)(=O)c1ccc(Cl)cc1. The molecule has 0 heterocycles. The van der Waals surface area contributed by atoms with Crippen molar-refractivity contribution in [2.24, 2.45) is 5.92 Å². The summed E-state index contributed by atoms with van der Waals surface area (Å²) in [5.74, 6) is -1.48. The zero-order valence-electron chi connectivity index (χ0n) is 19.1. The van der Waals surface area contributed by atoms with Gasteiger partial charge in [-0.1, -0.05) is 30.7 Å². The first kappa shape index (κ1) is 27.2. The van der Waals surface area contributed by atoms with Gasteiger partial charge in [0.25, 0.3) is 5.91 Å². The van der Waals surface area contributed by atoms with Gasteiger partial charge in [-0.25, -0.2) is 12.8 Å². The van der Waals surface area contributed by atoms with E-state index in [1.54, 1.807) is 19.9 Å². The Morgan fingerprint density at radius 3 is 2.27 bits per heavy atom. The molecule has 0 saturated heterocycles. The number of carbonyl (C=O) groups is 1. The molecule has 2 aromatic rings. The predicted molar refractivity (Wildman–Crippen MR) is 125 cm³/mol. The second kappa shape index (κ2) is 11.9. The van der Waals surface area contributed by atoms with E-state index in [0.29, 0.717) is 5.02 Å². The maximum absolute atomic E-state index is 14.0. The third-order valence-corrected chi connectivity index (χ3v) is 7.73. The molecule has 0 radical (unpaired) electrons. The summed E-state index contributed by atoms with van der Waals surface area (Å²) >= 11 is 5.88. The van der Waals surface area contributed by atoms with E-state index in [2.05, 4.69) is 0 Å². The number of hydrogen-bond donors (Lipinski definition) is 1. The first-order valence-electron chi connectivity index (χ1n) is 10.4. The van der Waals surface area contributed by atoms with Gasteiger partial charge in [0.1, 0.15) is 5.82 Å². The number of sulfonamides is 1. The summed E-state index contributed by atoms with van der Waals surface area (Å²) in [5, 5.41) is 10.1. The lowest BCUT2D eigenvalue weighted by atomic mass is 10.0. The summed E-state index contributed by atoms with van der Waals surface area (Å²) in [7, 11) is -0.928. The number of ether oxygens (including phenoxy) is 1. The number of rotatable bonds is 11. The molecule has 0 spiro atoms. The molecule has 0 bridgehead atoms. The minimum absolute atomic E-state index is 0.0346. The van der Waals surface area contributed by atoms with Gasteiger partial charge in [0.05, 0.1) is 23.2 Å². The van der Waals surface area contributed by atoms with Crippen LogP contribution in [0.2, 0.25) is 5.02 Å². The Morgan fingerprint density at radius 1 is 1.12 bits per heavy atom. The maximum atomic E-state index is 14.0. The van der Waals surface area contributed by atoms with Crippen LogP contribution in [0, 0.1) is 11.7 Å². The summed E-state index contributed by atoms with van der Waals surface area (Å²) in [6.07, 6.45) is -0.542. The topological polar surface area (TPSA) is 87.2 Å². The van der Waals surface area contributed by atoms with Gasteiger partial charge in [0.15, 0.2) is 0 Å². The van der Waals surface area contributed by atoms with Gasteiger partial charge in [-0.2, -0.15) is 4.31 Å². The number of carbonyl (C=O) groups excluding carboxylic acids is 1. The Balaban J connectivity index is 2.21. The molecule has 0 aliphatic heterocycles. The first-order valence-corrected chi connectivity index (χ1v) is 12.3. The average Bonchev–Trinajstić information content (AvgIpc) is 2.80. The minimum Gasteiger partial charge on any atom is -0.395 e. The van der Waals surface area contributed by atoms with Crippen LogP contribution < -0.4 is 0 Å². The molecule has 0 unspecified atom stereocenters. The van der Waals surface area contributed by atoms with Crippen LogP contribution in [0.3, 0.4) is 0 Å². The smallest absolute Gasteiger partial charge is 0.256 e. The molecule has 0 aliphatic rings. The molecular weight excluding hydrogens is 471 g/mol. The van der Waals surface area contributed by atoms with Crippen LogP contribution in [0.4, 0.5) is 4.39 Å². The van der Waals surface area contributed by atoms with Crippen LogP contribution in [0.1, 0.15) is 24.2 Å². The third kappa shape index (κ3) is 6.74. The van der Waals surface area contributed by atoms with Gasteiger partial charge < -0.3 is 14.7 Å². The Morgan fingerprint density at radius 2 is 1.73 bits per heavy atom. The van der Waals surface area contributed by atoms with Crippen LogP contribution in [-0.4, -0.2) is 74.6 Å². The standard InChI is InChI=1S/C23H30ClFN2O5S/c1-16(22(32-4)14-26(3)23(29)20-7-5-6-8-21(20)25)13-27(17(2)15-28)33(30,31)19-11-9-18(24)10-12-19/h5-12,16-17,22,28H,13-15H2,1-4H3/t16-,17-,22+/m0/s1. The lowest BCUT2D eigenvalue weighted by Crippen LogP contribution is -2.47. The fourth-order valence-corrected chi connectivity index (χ4v) is 5.28. The van der Waals surface area contributed by atoms with Crippen molar-refractivity contribution in [3.63, 3.8) is 0 Å². The molecule has 33 heavy (non-hydrogen) atoms. The van der Waals surface area contributed by atoms with Crippen LogP contribution in [0.5, 0.6) is 0 Å². The maximum Gasteiger partial charge on any atom is 0.256 e. The highest BCUT2D eigenvalue weighted by atomic mass is 35.5. The number of amides is 1. The highest BCUT2D eigenvalue weighted by Gasteiger charge is 2.33. The molecule has 7 nitrogen and oxygen atoms in total. The van der Waals surface area contributed by atoms with E-state index in [1.165, 1.54) is 65.8 Å². The minimum atomic E-state index is -3.93. The number of hydrogen-bond acceptors (Lipinski definition) is 5. The normalized spacial score (nSPS) is 14.7. The first-order chi connectivity index (χ1) is 15.5. The van der Waals surface area contributed by atoms with Crippen molar-refractivity contribution < 1.29 is 27.4 Å². The lowest BCUT2D eigenvalue weighted by Gasteiger charge is -2.33. The van der Waals surface area contributed by atoms with E-state index in [1.807, 2.05) is 0 Å². The fraction of sp³-hybridized carbons (Fsp3) is 0.435. The van der Waals surface area contributed by atoms with Crippen LogP contribution >= 0.6 is 11.6 Å². The predicted octanol–water partition coefficient (Wildman–Crippen LogP) is 3.27. The summed E-state index contributed by atoms with van der Waals surface area (Å²) in [6.45, 7) is 3.18. The average molecular weight is 501 g/mol. The van der Waals surface area contributed by atoms with Crippen molar-refractivity contribution in [2.45, 2.75) is 30.9 Å². The Kier molecular flexibility index (Phi) is 9.81. The number of methoxy groups -OCH3 is 1. The second-order valence-electron chi connectivity index (χ2n) is 7.98. The van der Waals surface area contributed by atoms with Crippen LogP contribution in [0.25, 0.3) is 0 Å². The quantitative estimate of drug-likeness (QED) is 0.511. The van der Waals surface area contributed by atoms with Gasteiger partial charge in [-0.3, -0.25) is 4.79 Å². The molecule has 2 aromatic carbocycles. The monoisotopic (exact) mass is 500 g/mol. The molecule has 0 aliphatic carbocycles. The zero-order valence-corrected chi connectivity index (χ0v) is 20.7. The van der Waals surface area contributed by atoms with E-state index in [4.69, 9.17) is 16.3 Å². The Hall–Kier alpha value is -2.04. The number of nitrogens with zero attached hydrogens (tertiary/aromatic N) is 2. The molecule has 1 amide bonds. The van der Waals surface area contributed by atoms with E-state index in [9.17, 15) is 22.7 Å². The number of likely N-dealkylation sites (N-methyl/N-ethyl adjacent to an activating group) is 1. The van der Waals surface area contributed by atoms with Crippen molar-refractivity contribution in [1.29, 1.82) is 0 Å². The molecule has 3 atom stereocenters. The van der Waals surface area contributed by atoms with Gasteiger partial charge in [-0.05, 0) is 49.2 Å². The molecule has 10 heteroatoms. The highest BCUT2D eigenvalue weighted by molar-refractivity contribution is 7.89. The number of benzene rings is 2. The molecular formula is C23H30ClFN2O5S. The largest absolute Gasteiger partial charge is 0.395 e. The zero-order chi connectivity index (χ0) is 24.8. The Labute approximate surface area is 199 Å². The summed E-state index contributed by atoms with van der Waals surface area (Å²) in [6, 6.07) is 10.8. The van der Waals surface area contributed by atoms with Crippen LogP contribution in [0.15, 0.2) is 53.4 Å². The van der Waals surface area contributed by atoms with Crippen molar-refractivity contribution >= 4 is 27.5 Å². The van der Waals surface area contributed by atoms with Crippen molar-refractivity contribution in [3.8, 4) is 0 Å². The highest BCUT2D eigenvalue weighted by Crippen LogP contribution is 2.23. The van der Waals surface area contributed by atoms with Crippen molar-refractivity contribution in [1.82, 2.24) is 9.21 Å². The number of aliphatic hydroxyl groups excluding tert-OH is 1. The molecule has 0 saturated carbocycles. The summed E-state index contributed by atoms with van der Waals surface area (Å²) < 4.78 is 47.3. The van der Waals surface area contributed by atoms with Crippen molar-refractivity contribution in [2.75, 3.05) is 33.9 Å². The van der Waals surface area contributed by atoms with Crippen molar-refractivity contribution in [3.05, 3.63) is 64.9 Å². The van der Waals surface area contributed by atoms with Gasteiger partial charge in [-0.15, -0.1) is 0 Å². The van der Waals surface area contributed by atoms with E-state index >= 15 is 0 Å². The second-order valence-corrected chi connectivity index (χ2v) is 10.3. The summed E-state index contributed by atoms with van der Waals surface area (Å²) in [5.41, 5.74) is -0.0525. The summed E-state index contributed by atoms with van der Waals surface area (Å²) in [4.78, 5) is 14.1. The molecule has 0 aromatic heterocycles. The van der Waals surface area contributed by atoms with Crippen LogP contribution in [-0.2, 0) is 14.8 Å². The number of aliphatic hydroxyl groups is 1. The number of halogens is 2. The molecule has 2 rings (SSSR count). The molecule has 0 fully saturated rings. The molecule has 1 N–H and O–H groups in total. The van der Waals surface area contributed by atoms with E-state index in [-0.39, 0.29) is 36.1 Å². The van der Waals surface area contributed by atoms with E-state index < -0.39 is 33.9 Å². The fourth-order valence-electron chi connectivity index (χ4n) is 3.43. The van der Waals surface area contributed by atoms with Gasteiger partial charge in [0.2, 0.25) is 10.0 Å². The van der Waals surface area contributed by atoms with Gasteiger partial charge in [0, 0.05) is 38.3 Å². The van der Waals surface area contributed by atoms with Gasteiger partial charge >= 0.3 is 0 Å². The Bertz CT molecular complexity index is 1040. The van der Waals surface area contributed by atoms with E-state index in [0.717, 1.165) is 0 Å².